The molecule has 0 amide bonds. The van der Waals surface area contributed by atoms with Crippen molar-refractivity contribution in [2.45, 2.75) is 13.5 Å². The second kappa shape index (κ2) is 7.65. The molecule has 0 atom stereocenters. The van der Waals surface area contributed by atoms with Crippen LogP contribution in [0.1, 0.15) is 32.2 Å². The molecule has 1 heterocycles. The first-order valence-corrected chi connectivity index (χ1v) is 7.94. The number of ether oxygens (including phenoxy) is 2. The molecule has 0 aliphatic carbocycles. The quantitative estimate of drug-likeness (QED) is 0.496. The van der Waals surface area contributed by atoms with Crippen LogP contribution in [0.25, 0.3) is 11.5 Å². The summed E-state index contributed by atoms with van der Waals surface area (Å²) >= 11 is 0. The van der Waals surface area contributed by atoms with E-state index in [1.165, 1.54) is 7.11 Å². The van der Waals surface area contributed by atoms with Crippen molar-refractivity contribution in [1.29, 1.82) is 0 Å². The maximum absolute atomic E-state index is 11.5. The molecular weight excluding hydrogens is 334 g/mol. The molecule has 3 rings (SSSR count). The van der Waals surface area contributed by atoms with Gasteiger partial charge in [-0.1, -0.05) is 0 Å². The Bertz CT molecular complexity index is 910. The van der Waals surface area contributed by atoms with Gasteiger partial charge in [0.05, 0.1) is 12.7 Å². The minimum Gasteiger partial charge on any atom is -0.487 e. The summed E-state index contributed by atoms with van der Waals surface area (Å²) in [5.41, 5.74) is 2.48. The first-order chi connectivity index (χ1) is 12.6. The molecule has 6 nitrogen and oxygen atoms in total. The highest BCUT2D eigenvalue weighted by atomic mass is 16.5. The van der Waals surface area contributed by atoms with E-state index in [2.05, 4.69) is 9.72 Å². The molecule has 0 radical (unpaired) electrons. The largest absolute Gasteiger partial charge is 0.487 e. The third-order valence-electron chi connectivity index (χ3n) is 3.84. The standard InChI is InChI=1S/C20H17NO5/c1-13-18(12-25-17-9-3-14(11-22)4-10-17)21-19(26-13)15-5-7-16(8-6-15)20(23)24-2/h3-11H,12H2,1-2H3. The lowest BCUT2D eigenvalue weighted by molar-refractivity contribution is 0.0600. The van der Waals surface area contributed by atoms with E-state index in [4.69, 9.17) is 9.15 Å². The summed E-state index contributed by atoms with van der Waals surface area (Å²) in [6.45, 7) is 2.06. The molecule has 0 unspecified atom stereocenters. The van der Waals surface area contributed by atoms with Crippen LogP contribution in [0.15, 0.2) is 52.9 Å². The fourth-order valence-electron chi connectivity index (χ4n) is 2.35. The second-order valence-corrected chi connectivity index (χ2v) is 5.57. The first kappa shape index (κ1) is 17.4. The molecule has 0 bridgehead atoms. The molecule has 132 valence electrons. The Labute approximate surface area is 150 Å². The monoisotopic (exact) mass is 351 g/mol. The Morgan fingerprint density at radius 3 is 2.42 bits per heavy atom. The van der Waals surface area contributed by atoms with E-state index in [0.29, 0.717) is 34.2 Å². The Morgan fingerprint density at radius 2 is 1.81 bits per heavy atom. The van der Waals surface area contributed by atoms with E-state index >= 15 is 0 Å². The number of aryl methyl sites for hydroxylation is 1. The Balaban J connectivity index is 1.72. The van der Waals surface area contributed by atoms with E-state index in [-0.39, 0.29) is 6.61 Å². The Morgan fingerprint density at radius 1 is 1.12 bits per heavy atom. The van der Waals surface area contributed by atoms with Gasteiger partial charge in [0.2, 0.25) is 5.89 Å². The molecule has 0 aliphatic rings. The molecule has 0 saturated heterocycles. The van der Waals surface area contributed by atoms with E-state index in [1.54, 1.807) is 48.5 Å². The Kier molecular flexibility index (Phi) is 5.12. The summed E-state index contributed by atoms with van der Waals surface area (Å²) in [4.78, 5) is 26.6. The summed E-state index contributed by atoms with van der Waals surface area (Å²) in [7, 11) is 1.34. The average Bonchev–Trinajstić information content (AvgIpc) is 3.07. The molecule has 3 aromatic rings. The SMILES string of the molecule is COC(=O)c1ccc(-c2nc(COc3ccc(C=O)cc3)c(C)o2)cc1. The number of benzene rings is 2. The number of nitrogens with zero attached hydrogens (tertiary/aromatic N) is 1. The summed E-state index contributed by atoms with van der Waals surface area (Å²) in [6, 6.07) is 13.6. The van der Waals surface area contributed by atoms with Gasteiger partial charge < -0.3 is 13.9 Å². The average molecular weight is 351 g/mol. The minimum atomic E-state index is -0.394. The summed E-state index contributed by atoms with van der Waals surface area (Å²) in [6.07, 6.45) is 0.781. The van der Waals surface area contributed by atoms with Gasteiger partial charge in [-0.3, -0.25) is 4.79 Å². The van der Waals surface area contributed by atoms with Crippen molar-refractivity contribution in [3.63, 3.8) is 0 Å². The lowest BCUT2D eigenvalue weighted by Crippen LogP contribution is -2.00. The zero-order valence-corrected chi connectivity index (χ0v) is 14.4. The van der Waals surface area contributed by atoms with E-state index in [9.17, 15) is 9.59 Å². The van der Waals surface area contributed by atoms with Crippen LogP contribution in [0.4, 0.5) is 0 Å². The molecule has 6 heteroatoms. The van der Waals surface area contributed by atoms with Crippen LogP contribution >= 0.6 is 0 Å². The maximum atomic E-state index is 11.5. The number of aldehydes is 1. The van der Waals surface area contributed by atoms with Crippen LogP contribution in [0.5, 0.6) is 5.75 Å². The van der Waals surface area contributed by atoms with Crippen molar-refractivity contribution in [2.24, 2.45) is 0 Å². The fourth-order valence-corrected chi connectivity index (χ4v) is 2.35. The normalized spacial score (nSPS) is 10.4. The molecule has 1 aromatic heterocycles. The summed E-state index contributed by atoms with van der Waals surface area (Å²) < 4.78 is 16.1. The number of esters is 1. The molecule has 0 aliphatic heterocycles. The van der Waals surface area contributed by atoms with Gasteiger partial charge in [0, 0.05) is 11.1 Å². The molecule has 2 aromatic carbocycles. The van der Waals surface area contributed by atoms with Crippen LogP contribution in [-0.2, 0) is 11.3 Å². The highest BCUT2D eigenvalue weighted by molar-refractivity contribution is 5.89. The van der Waals surface area contributed by atoms with Crippen molar-refractivity contribution in [3.05, 3.63) is 71.1 Å². The number of hydrogen-bond acceptors (Lipinski definition) is 6. The van der Waals surface area contributed by atoms with Crippen molar-refractivity contribution < 1.29 is 23.5 Å². The minimum absolute atomic E-state index is 0.246. The number of carbonyl (C=O) groups is 2. The molecule has 0 spiro atoms. The highest BCUT2D eigenvalue weighted by Gasteiger charge is 2.13. The smallest absolute Gasteiger partial charge is 0.337 e. The van der Waals surface area contributed by atoms with Crippen LogP contribution < -0.4 is 4.74 Å². The number of hydrogen-bond donors (Lipinski definition) is 0. The maximum Gasteiger partial charge on any atom is 0.337 e. The van der Waals surface area contributed by atoms with E-state index in [1.807, 2.05) is 6.92 Å². The highest BCUT2D eigenvalue weighted by Crippen LogP contribution is 2.23. The van der Waals surface area contributed by atoms with Crippen LogP contribution in [0.3, 0.4) is 0 Å². The zero-order chi connectivity index (χ0) is 18.5. The van der Waals surface area contributed by atoms with Gasteiger partial charge in [-0.05, 0) is 55.5 Å². The van der Waals surface area contributed by atoms with Crippen LogP contribution in [0.2, 0.25) is 0 Å². The lowest BCUT2D eigenvalue weighted by atomic mass is 10.1. The first-order valence-electron chi connectivity index (χ1n) is 7.94. The van der Waals surface area contributed by atoms with Gasteiger partial charge >= 0.3 is 5.97 Å². The number of rotatable bonds is 6. The number of aromatic nitrogens is 1. The van der Waals surface area contributed by atoms with Crippen molar-refractivity contribution in [2.75, 3.05) is 7.11 Å². The van der Waals surface area contributed by atoms with Gasteiger partial charge in [0.15, 0.2) is 0 Å². The summed E-state index contributed by atoms with van der Waals surface area (Å²) in [5, 5.41) is 0. The molecule has 0 fully saturated rings. The van der Waals surface area contributed by atoms with Gasteiger partial charge in [-0.25, -0.2) is 9.78 Å². The predicted molar refractivity (Wildman–Crippen MR) is 94.2 cm³/mol. The van der Waals surface area contributed by atoms with E-state index in [0.717, 1.165) is 11.8 Å². The molecular formula is C20H17NO5. The predicted octanol–water partition coefficient (Wildman–Crippen LogP) is 3.83. The zero-order valence-electron chi connectivity index (χ0n) is 14.4. The van der Waals surface area contributed by atoms with Gasteiger partial charge in [0.25, 0.3) is 0 Å². The van der Waals surface area contributed by atoms with E-state index < -0.39 is 5.97 Å². The summed E-state index contributed by atoms with van der Waals surface area (Å²) in [5.74, 6) is 1.35. The second-order valence-electron chi connectivity index (χ2n) is 5.57. The lowest BCUT2D eigenvalue weighted by Gasteiger charge is -2.04. The van der Waals surface area contributed by atoms with Crippen LogP contribution in [-0.4, -0.2) is 24.3 Å². The molecule has 26 heavy (non-hydrogen) atoms. The topological polar surface area (TPSA) is 78.6 Å². The number of carbonyl (C=O) groups excluding carboxylic acids is 2. The van der Waals surface area contributed by atoms with Gasteiger partial charge in [-0.2, -0.15) is 0 Å². The Hall–Kier alpha value is -3.41. The third-order valence-corrected chi connectivity index (χ3v) is 3.84. The third kappa shape index (κ3) is 3.80. The number of methoxy groups -OCH3 is 1. The molecule has 0 saturated carbocycles. The van der Waals surface area contributed by atoms with Gasteiger partial charge in [0.1, 0.15) is 30.1 Å². The van der Waals surface area contributed by atoms with Crippen molar-refractivity contribution >= 4 is 12.3 Å². The molecule has 0 N–H and O–H groups in total. The van der Waals surface area contributed by atoms with Crippen molar-refractivity contribution in [3.8, 4) is 17.2 Å². The van der Waals surface area contributed by atoms with Crippen LogP contribution in [0, 0.1) is 6.92 Å². The van der Waals surface area contributed by atoms with Crippen molar-refractivity contribution in [1.82, 2.24) is 4.98 Å². The number of oxazole rings is 1. The fraction of sp³-hybridized carbons (Fsp3) is 0.150. The van der Waals surface area contributed by atoms with Gasteiger partial charge in [-0.15, -0.1) is 0 Å².